The Bertz CT molecular complexity index is 902. The van der Waals surface area contributed by atoms with E-state index in [9.17, 15) is 23.2 Å². The van der Waals surface area contributed by atoms with Crippen LogP contribution in [0.4, 0.5) is 8.78 Å². The van der Waals surface area contributed by atoms with E-state index >= 15 is 0 Å². The van der Waals surface area contributed by atoms with E-state index in [1.807, 2.05) is 12.1 Å². The number of esters is 1. The van der Waals surface area contributed by atoms with Crippen LogP contribution in [0.2, 0.25) is 0 Å². The summed E-state index contributed by atoms with van der Waals surface area (Å²) in [5, 5.41) is 2.34. The Labute approximate surface area is 168 Å². The lowest BCUT2D eigenvalue weighted by Crippen LogP contribution is -2.27. The number of carbonyl (C=O) groups is 3. The average molecular weight is 403 g/mol. The van der Waals surface area contributed by atoms with Gasteiger partial charge in [-0.3, -0.25) is 14.4 Å². The van der Waals surface area contributed by atoms with E-state index in [0.717, 1.165) is 17.7 Å². The van der Waals surface area contributed by atoms with Gasteiger partial charge in [0.2, 0.25) is 0 Å². The van der Waals surface area contributed by atoms with Crippen molar-refractivity contribution in [3.8, 4) is 0 Å². The van der Waals surface area contributed by atoms with Crippen LogP contribution >= 0.6 is 0 Å². The quantitative estimate of drug-likeness (QED) is 0.564. The summed E-state index contributed by atoms with van der Waals surface area (Å²) in [5.41, 5.74) is 1.16. The van der Waals surface area contributed by atoms with Gasteiger partial charge in [-0.2, -0.15) is 0 Å². The lowest BCUT2D eigenvalue weighted by molar-refractivity contribution is -0.142. The van der Waals surface area contributed by atoms with Crippen LogP contribution in [0.25, 0.3) is 0 Å². The van der Waals surface area contributed by atoms with E-state index in [2.05, 4.69) is 26.1 Å². The predicted octanol–water partition coefficient (Wildman–Crippen LogP) is 3.81. The molecule has 154 valence electrons. The van der Waals surface area contributed by atoms with Crippen molar-refractivity contribution in [2.75, 3.05) is 13.2 Å². The van der Waals surface area contributed by atoms with Crippen molar-refractivity contribution in [2.24, 2.45) is 0 Å². The fourth-order valence-corrected chi connectivity index (χ4v) is 2.50. The molecule has 2 aromatic carbocycles. The number of halogens is 2. The summed E-state index contributed by atoms with van der Waals surface area (Å²) >= 11 is 0. The van der Waals surface area contributed by atoms with Crippen molar-refractivity contribution in [1.29, 1.82) is 0 Å². The lowest BCUT2D eigenvalue weighted by atomic mass is 9.86. The summed E-state index contributed by atoms with van der Waals surface area (Å²) in [4.78, 5) is 35.7. The van der Waals surface area contributed by atoms with E-state index in [-0.39, 0.29) is 29.7 Å². The highest BCUT2D eigenvalue weighted by Gasteiger charge is 2.16. The van der Waals surface area contributed by atoms with Gasteiger partial charge in [0.1, 0.15) is 11.6 Å². The standard InChI is InChI=1S/C22H23F2NO4/c1-22(2,3)15-6-4-14(5-7-15)19(26)13-29-20(27)10-11-25-21(28)17-9-8-16(23)12-18(17)24/h4-9,12H,10-11,13H2,1-3H3,(H,25,28). The molecule has 0 spiro atoms. The summed E-state index contributed by atoms with van der Waals surface area (Å²) in [7, 11) is 0. The van der Waals surface area contributed by atoms with E-state index in [4.69, 9.17) is 4.74 Å². The number of nitrogens with one attached hydrogen (secondary N) is 1. The molecule has 0 fully saturated rings. The Morgan fingerprint density at radius 3 is 2.24 bits per heavy atom. The minimum absolute atomic E-state index is 0.0324. The van der Waals surface area contributed by atoms with Gasteiger partial charge in [0.25, 0.3) is 5.91 Å². The molecule has 1 amide bonds. The molecule has 0 unspecified atom stereocenters. The number of carbonyl (C=O) groups excluding carboxylic acids is 3. The highest BCUT2D eigenvalue weighted by molar-refractivity contribution is 5.98. The number of Topliss-reactive ketones (excluding diaryl/α,β-unsaturated/α-hetero) is 1. The third-order valence-electron chi connectivity index (χ3n) is 4.23. The van der Waals surface area contributed by atoms with E-state index in [0.29, 0.717) is 11.6 Å². The molecule has 29 heavy (non-hydrogen) atoms. The molecule has 2 aromatic rings. The molecule has 0 bridgehead atoms. The molecule has 0 aliphatic rings. The number of ether oxygens (including phenoxy) is 1. The first kappa shape index (κ1) is 22.2. The van der Waals surface area contributed by atoms with Crippen LogP contribution in [0.3, 0.4) is 0 Å². The van der Waals surface area contributed by atoms with Gasteiger partial charge in [-0.05, 0) is 23.1 Å². The minimum Gasteiger partial charge on any atom is -0.457 e. The van der Waals surface area contributed by atoms with E-state index in [1.165, 1.54) is 0 Å². The third-order valence-corrected chi connectivity index (χ3v) is 4.23. The zero-order valence-electron chi connectivity index (χ0n) is 16.6. The molecule has 0 heterocycles. The molecule has 7 heteroatoms. The number of rotatable bonds is 7. The Kier molecular flexibility index (Phi) is 7.20. The van der Waals surface area contributed by atoms with Crippen molar-refractivity contribution in [3.05, 3.63) is 70.8 Å². The van der Waals surface area contributed by atoms with Gasteiger partial charge in [0.15, 0.2) is 12.4 Å². The molecular formula is C22H23F2NO4. The fourth-order valence-electron chi connectivity index (χ4n) is 2.50. The first-order chi connectivity index (χ1) is 13.6. The van der Waals surface area contributed by atoms with Crippen LogP contribution in [0.15, 0.2) is 42.5 Å². The van der Waals surface area contributed by atoms with Gasteiger partial charge >= 0.3 is 5.97 Å². The molecule has 0 saturated heterocycles. The molecule has 0 aromatic heterocycles. The average Bonchev–Trinajstić information content (AvgIpc) is 2.65. The molecule has 1 N–H and O–H groups in total. The van der Waals surface area contributed by atoms with Gasteiger partial charge in [-0.1, -0.05) is 45.0 Å². The molecule has 2 rings (SSSR count). The largest absolute Gasteiger partial charge is 0.457 e. The smallest absolute Gasteiger partial charge is 0.308 e. The number of amides is 1. The Morgan fingerprint density at radius 2 is 1.66 bits per heavy atom. The highest BCUT2D eigenvalue weighted by atomic mass is 19.1. The summed E-state index contributed by atoms with van der Waals surface area (Å²) in [6.07, 6.45) is -0.190. The minimum atomic E-state index is -0.992. The zero-order chi connectivity index (χ0) is 21.6. The van der Waals surface area contributed by atoms with Crippen LogP contribution in [0, 0.1) is 11.6 Å². The first-order valence-corrected chi connectivity index (χ1v) is 9.10. The van der Waals surface area contributed by atoms with Gasteiger partial charge in [-0.25, -0.2) is 8.78 Å². The third kappa shape index (κ3) is 6.48. The topological polar surface area (TPSA) is 72.5 Å². The van der Waals surface area contributed by atoms with Crippen LogP contribution in [0.5, 0.6) is 0 Å². The van der Waals surface area contributed by atoms with Crippen LogP contribution in [-0.2, 0) is 14.9 Å². The molecule has 0 aliphatic heterocycles. The van der Waals surface area contributed by atoms with Gasteiger partial charge in [0.05, 0.1) is 12.0 Å². The summed E-state index contributed by atoms with van der Waals surface area (Å²) in [6, 6.07) is 9.68. The Balaban J connectivity index is 1.76. The molecule has 5 nitrogen and oxygen atoms in total. The van der Waals surface area contributed by atoms with Crippen molar-refractivity contribution in [1.82, 2.24) is 5.32 Å². The second-order valence-corrected chi connectivity index (χ2v) is 7.54. The maximum absolute atomic E-state index is 13.5. The number of benzene rings is 2. The first-order valence-electron chi connectivity index (χ1n) is 9.10. The second-order valence-electron chi connectivity index (χ2n) is 7.54. The molecular weight excluding hydrogens is 380 g/mol. The monoisotopic (exact) mass is 403 g/mol. The fraction of sp³-hybridized carbons (Fsp3) is 0.318. The van der Waals surface area contributed by atoms with Gasteiger partial charge < -0.3 is 10.1 Å². The Morgan fingerprint density at radius 1 is 1.00 bits per heavy atom. The normalized spacial score (nSPS) is 11.1. The summed E-state index contributed by atoms with van der Waals surface area (Å²) < 4.78 is 31.3. The molecule has 0 radical (unpaired) electrons. The zero-order valence-corrected chi connectivity index (χ0v) is 16.6. The van der Waals surface area contributed by atoms with E-state index in [1.54, 1.807) is 12.1 Å². The summed E-state index contributed by atoms with van der Waals surface area (Å²) in [5.74, 6) is -3.57. The number of hydrogen-bond acceptors (Lipinski definition) is 4. The molecule has 0 atom stereocenters. The molecule has 0 saturated carbocycles. The van der Waals surface area contributed by atoms with Gasteiger partial charge in [0, 0.05) is 18.2 Å². The predicted molar refractivity (Wildman–Crippen MR) is 104 cm³/mol. The van der Waals surface area contributed by atoms with Crippen LogP contribution in [-0.4, -0.2) is 30.8 Å². The lowest BCUT2D eigenvalue weighted by Gasteiger charge is -2.18. The van der Waals surface area contributed by atoms with Crippen LogP contribution in [0.1, 0.15) is 53.5 Å². The molecule has 0 aliphatic carbocycles. The van der Waals surface area contributed by atoms with Gasteiger partial charge in [-0.15, -0.1) is 0 Å². The maximum atomic E-state index is 13.5. The number of hydrogen-bond donors (Lipinski definition) is 1. The summed E-state index contributed by atoms with van der Waals surface area (Å²) in [6.45, 7) is 5.68. The van der Waals surface area contributed by atoms with Crippen molar-refractivity contribution < 1.29 is 27.9 Å². The maximum Gasteiger partial charge on any atom is 0.308 e. The highest BCUT2D eigenvalue weighted by Crippen LogP contribution is 2.22. The van der Waals surface area contributed by atoms with Crippen molar-refractivity contribution in [3.63, 3.8) is 0 Å². The van der Waals surface area contributed by atoms with E-state index < -0.39 is 30.1 Å². The Hall–Kier alpha value is -3.09. The SMILES string of the molecule is CC(C)(C)c1ccc(C(=O)COC(=O)CCNC(=O)c2ccc(F)cc2F)cc1. The number of ketones is 1. The van der Waals surface area contributed by atoms with Crippen molar-refractivity contribution >= 4 is 17.7 Å². The van der Waals surface area contributed by atoms with Crippen LogP contribution < -0.4 is 5.32 Å². The van der Waals surface area contributed by atoms with Crippen molar-refractivity contribution in [2.45, 2.75) is 32.6 Å². The second kappa shape index (κ2) is 9.41.